The topological polar surface area (TPSA) is 40.5 Å². The highest BCUT2D eigenvalue weighted by atomic mass is 32.1. The van der Waals surface area contributed by atoms with E-state index in [0.29, 0.717) is 6.54 Å². The Morgan fingerprint density at radius 1 is 1.29 bits per heavy atom. The van der Waals surface area contributed by atoms with Crippen molar-refractivity contribution in [2.24, 2.45) is 5.92 Å². The monoisotopic (exact) mass is 301 g/mol. The SMILES string of the molecule is CC(c1ccccc1)N1CC(C(=O)O)C(c2ccsc2)C1. The van der Waals surface area contributed by atoms with Crippen LogP contribution in [0.15, 0.2) is 47.2 Å². The van der Waals surface area contributed by atoms with E-state index in [1.807, 2.05) is 23.6 Å². The third-order valence-electron chi connectivity index (χ3n) is 4.47. The molecule has 1 aromatic carbocycles. The number of aliphatic carboxylic acids is 1. The van der Waals surface area contributed by atoms with Crippen LogP contribution in [0.5, 0.6) is 0 Å². The van der Waals surface area contributed by atoms with Crippen LogP contribution < -0.4 is 0 Å². The number of likely N-dealkylation sites (tertiary alicyclic amines) is 1. The van der Waals surface area contributed by atoms with Gasteiger partial charge in [0.05, 0.1) is 5.92 Å². The lowest BCUT2D eigenvalue weighted by Crippen LogP contribution is -2.26. The minimum atomic E-state index is -0.686. The van der Waals surface area contributed by atoms with Gasteiger partial charge in [0.1, 0.15) is 0 Å². The molecule has 0 spiro atoms. The van der Waals surface area contributed by atoms with Crippen molar-refractivity contribution in [3.05, 3.63) is 58.3 Å². The van der Waals surface area contributed by atoms with E-state index < -0.39 is 5.97 Å². The van der Waals surface area contributed by atoms with Crippen molar-refractivity contribution < 1.29 is 9.90 Å². The number of nitrogens with zero attached hydrogens (tertiary/aromatic N) is 1. The molecule has 0 radical (unpaired) electrons. The maximum atomic E-state index is 11.6. The first-order chi connectivity index (χ1) is 10.2. The van der Waals surface area contributed by atoms with Crippen LogP contribution >= 0.6 is 11.3 Å². The van der Waals surface area contributed by atoms with E-state index in [-0.39, 0.29) is 17.9 Å². The molecule has 1 fully saturated rings. The second-order valence-electron chi connectivity index (χ2n) is 5.65. The highest BCUT2D eigenvalue weighted by Crippen LogP contribution is 2.37. The van der Waals surface area contributed by atoms with Crippen molar-refractivity contribution in [1.82, 2.24) is 4.90 Å². The van der Waals surface area contributed by atoms with Crippen LogP contribution in [0.1, 0.15) is 30.0 Å². The Bertz CT molecular complexity index is 597. The minimum Gasteiger partial charge on any atom is -0.481 e. The summed E-state index contributed by atoms with van der Waals surface area (Å²) in [6, 6.07) is 12.6. The fourth-order valence-electron chi connectivity index (χ4n) is 3.17. The van der Waals surface area contributed by atoms with Gasteiger partial charge in [0.25, 0.3) is 0 Å². The second-order valence-corrected chi connectivity index (χ2v) is 6.43. The van der Waals surface area contributed by atoms with E-state index in [1.54, 1.807) is 11.3 Å². The van der Waals surface area contributed by atoms with Crippen molar-refractivity contribution in [3.8, 4) is 0 Å². The molecule has 1 aliphatic heterocycles. The lowest BCUT2D eigenvalue weighted by atomic mass is 9.91. The molecule has 1 aromatic heterocycles. The lowest BCUT2D eigenvalue weighted by Gasteiger charge is -2.24. The van der Waals surface area contributed by atoms with Crippen molar-refractivity contribution in [2.45, 2.75) is 18.9 Å². The molecule has 2 heterocycles. The molecular weight excluding hydrogens is 282 g/mol. The van der Waals surface area contributed by atoms with Crippen LogP contribution in [0.2, 0.25) is 0 Å². The van der Waals surface area contributed by atoms with E-state index in [9.17, 15) is 9.90 Å². The summed E-state index contributed by atoms with van der Waals surface area (Å²) in [7, 11) is 0. The van der Waals surface area contributed by atoms with Crippen molar-refractivity contribution >= 4 is 17.3 Å². The van der Waals surface area contributed by atoms with Gasteiger partial charge in [-0.05, 0) is 34.9 Å². The zero-order valence-electron chi connectivity index (χ0n) is 12.0. The van der Waals surface area contributed by atoms with Gasteiger partial charge in [-0.1, -0.05) is 30.3 Å². The molecule has 0 amide bonds. The van der Waals surface area contributed by atoms with Gasteiger partial charge in [0, 0.05) is 25.0 Å². The van der Waals surface area contributed by atoms with E-state index in [2.05, 4.69) is 35.4 Å². The van der Waals surface area contributed by atoms with Crippen LogP contribution in [0, 0.1) is 5.92 Å². The summed E-state index contributed by atoms with van der Waals surface area (Å²) in [6.07, 6.45) is 0. The number of carboxylic acids is 1. The molecule has 3 atom stereocenters. The molecule has 3 nitrogen and oxygen atoms in total. The molecule has 0 bridgehead atoms. The van der Waals surface area contributed by atoms with E-state index in [0.717, 1.165) is 12.1 Å². The summed E-state index contributed by atoms with van der Waals surface area (Å²) in [5.41, 5.74) is 2.41. The summed E-state index contributed by atoms with van der Waals surface area (Å²) in [4.78, 5) is 13.9. The van der Waals surface area contributed by atoms with Crippen LogP contribution in [-0.4, -0.2) is 29.1 Å². The highest BCUT2D eigenvalue weighted by molar-refractivity contribution is 7.08. The zero-order chi connectivity index (χ0) is 14.8. The molecule has 3 unspecified atom stereocenters. The van der Waals surface area contributed by atoms with Crippen LogP contribution in [0.3, 0.4) is 0 Å². The van der Waals surface area contributed by atoms with Gasteiger partial charge in [-0.25, -0.2) is 0 Å². The van der Waals surface area contributed by atoms with Gasteiger partial charge in [-0.2, -0.15) is 11.3 Å². The number of thiophene rings is 1. The quantitative estimate of drug-likeness (QED) is 0.938. The first kappa shape index (κ1) is 14.3. The van der Waals surface area contributed by atoms with Gasteiger partial charge in [0.15, 0.2) is 0 Å². The predicted molar refractivity (Wildman–Crippen MR) is 84.6 cm³/mol. The Morgan fingerprint density at radius 2 is 2.05 bits per heavy atom. The average molecular weight is 301 g/mol. The molecule has 3 rings (SSSR count). The van der Waals surface area contributed by atoms with Crippen LogP contribution in [0.25, 0.3) is 0 Å². The summed E-state index contributed by atoms with van der Waals surface area (Å²) >= 11 is 1.63. The maximum Gasteiger partial charge on any atom is 0.308 e. The molecule has 4 heteroatoms. The molecule has 2 aromatic rings. The fourth-order valence-corrected chi connectivity index (χ4v) is 3.89. The zero-order valence-corrected chi connectivity index (χ0v) is 12.8. The predicted octanol–water partition coefficient (Wildman–Crippen LogP) is 3.61. The summed E-state index contributed by atoms with van der Waals surface area (Å²) < 4.78 is 0. The third-order valence-corrected chi connectivity index (χ3v) is 5.17. The van der Waals surface area contributed by atoms with Gasteiger partial charge < -0.3 is 5.11 Å². The normalized spacial score (nSPS) is 24.0. The number of hydrogen-bond acceptors (Lipinski definition) is 3. The largest absolute Gasteiger partial charge is 0.481 e. The number of benzene rings is 1. The summed E-state index contributed by atoms with van der Waals surface area (Å²) in [6.45, 7) is 3.58. The van der Waals surface area contributed by atoms with Crippen molar-refractivity contribution in [2.75, 3.05) is 13.1 Å². The molecular formula is C17H19NO2S. The van der Waals surface area contributed by atoms with Gasteiger partial charge in [-0.3, -0.25) is 9.69 Å². The van der Waals surface area contributed by atoms with E-state index in [1.165, 1.54) is 5.56 Å². The molecule has 1 N–H and O–H groups in total. The number of carbonyl (C=O) groups is 1. The lowest BCUT2D eigenvalue weighted by molar-refractivity contribution is -0.141. The highest BCUT2D eigenvalue weighted by Gasteiger charge is 2.40. The fraction of sp³-hybridized carbons (Fsp3) is 0.353. The molecule has 1 saturated heterocycles. The number of hydrogen-bond donors (Lipinski definition) is 1. The van der Waals surface area contributed by atoms with Gasteiger partial charge in [-0.15, -0.1) is 0 Å². The minimum absolute atomic E-state index is 0.0971. The van der Waals surface area contributed by atoms with Crippen LogP contribution in [-0.2, 0) is 4.79 Å². The van der Waals surface area contributed by atoms with Crippen molar-refractivity contribution in [3.63, 3.8) is 0 Å². The first-order valence-electron chi connectivity index (χ1n) is 7.20. The maximum absolute atomic E-state index is 11.6. The molecule has 0 aliphatic carbocycles. The van der Waals surface area contributed by atoms with Gasteiger partial charge in [0.2, 0.25) is 0 Å². The average Bonchev–Trinajstić information content (AvgIpc) is 3.16. The standard InChI is InChI=1S/C17H19NO2S/c1-12(13-5-3-2-4-6-13)18-9-15(14-7-8-21-11-14)16(10-18)17(19)20/h2-8,11-12,15-16H,9-10H2,1H3,(H,19,20). The first-order valence-corrected chi connectivity index (χ1v) is 8.15. The molecule has 110 valence electrons. The second kappa shape index (κ2) is 6.00. The Morgan fingerprint density at radius 3 is 2.67 bits per heavy atom. The number of rotatable bonds is 4. The van der Waals surface area contributed by atoms with Crippen molar-refractivity contribution in [1.29, 1.82) is 0 Å². The summed E-state index contributed by atoms with van der Waals surface area (Å²) in [5.74, 6) is -0.903. The number of carboxylic acid groups (broad SMARTS) is 1. The van der Waals surface area contributed by atoms with E-state index in [4.69, 9.17) is 0 Å². The smallest absolute Gasteiger partial charge is 0.308 e. The van der Waals surface area contributed by atoms with E-state index >= 15 is 0 Å². The Balaban J connectivity index is 1.82. The summed E-state index contributed by atoms with van der Waals surface area (Å²) in [5, 5.41) is 13.6. The van der Waals surface area contributed by atoms with Crippen LogP contribution in [0.4, 0.5) is 0 Å². The Labute approximate surface area is 128 Å². The van der Waals surface area contributed by atoms with Gasteiger partial charge >= 0.3 is 5.97 Å². The third kappa shape index (κ3) is 2.87. The Hall–Kier alpha value is -1.65. The molecule has 0 saturated carbocycles. The Kier molecular flexibility index (Phi) is 4.08. The molecule has 1 aliphatic rings. The molecule has 21 heavy (non-hydrogen) atoms.